The largest absolute Gasteiger partial charge is 0.459 e. The number of halogens is 2. The molecule has 0 aliphatic carbocycles. The van der Waals surface area contributed by atoms with Crippen molar-refractivity contribution < 1.29 is 14.3 Å². The van der Waals surface area contributed by atoms with Gasteiger partial charge in [-0.1, -0.05) is 47.5 Å². The number of carbonyl (C=O) groups excluding carboxylic acids is 2. The Balaban J connectivity index is 1.48. The Morgan fingerprint density at radius 2 is 2.00 bits per heavy atom. The Morgan fingerprint density at radius 3 is 2.79 bits per heavy atom. The van der Waals surface area contributed by atoms with E-state index in [1.54, 1.807) is 34.0 Å². The molecule has 0 saturated heterocycles. The van der Waals surface area contributed by atoms with Crippen LogP contribution >= 0.6 is 23.2 Å². The molecular formula is C21H17Cl2N3O3. The number of rotatable bonds is 4. The molecule has 1 aromatic carbocycles. The lowest BCUT2D eigenvalue weighted by molar-refractivity contribution is -0.147. The van der Waals surface area contributed by atoms with E-state index in [4.69, 9.17) is 27.9 Å². The van der Waals surface area contributed by atoms with Crippen LogP contribution in [-0.4, -0.2) is 26.2 Å². The van der Waals surface area contributed by atoms with Crippen molar-refractivity contribution >= 4 is 46.8 Å². The number of aromatic nitrogens is 2. The number of hydrogen-bond donors (Lipinski definition) is 0. The van der Waals surface area contributed by atoms with Crippen molar-refractivity contribution in [2.24, 2.45) is 0 Å². The minimum atomic E-state index is -0.424. The highest BCUT2D eigenvalue weighted by atomic mass is 35.5. The van der Waals surface area contributed by atoms with Gasteiger partial charge < -0.3 is 14.0 Å². The Morgan fingerprint density at radius 1 is 1.21 bits per heavy atom. The Labute approximate surface area is 177 Å². The molecule has 2 aromatic heterocycles. The second-order valence-electron chi connectivity index (χ2n) is 6.72. The number of hydrogen-bond acceptors (Lipinski definition) is 4. The maximum Gasteiger partial charge on any atom is 0.308 e. The van der Waals surface area contributed by atoms with Crippen molar-refractivity contribution in [3.8, 4) is 0 Å². The van der Waals surface area contributed by atoms with E-state index in [1.165, 1.54) is 6.92 Å². The third kappa shape index (κ3) is 3.99. The van der Waals surface area contributed by atoms with Gasteiger partial charge in [-0.3, -0.25) is 9.59 Å². The van der Waals surface area contributed by atoms with E-state index in [1.807, 2.05) is 30.3 Å². The van der Waals surface area contributed by atoms with Crippen LogP contribution in [0.25, 0.3) is 11.7 Å². The summed E-state index contributed by atoms with van der Waals surface area (Å²) in [7, 11) is 0. The van der Waals surface area contributed by atoms with Gasteiger partial charge in [-0.05, 0) is 23.3 Å². The van der Waals surface area contributed by atoms with E-state index in [0.717, 1.165) is 11.1 Å². The minimum absolute atomic E-state index is 0.00125. The number of carbonyl (C=O) groups is 2. The van der Waals surface area contributed by atoms with E-state index < -0.39 is 12.0 Å². The molecule has 148 valence electrons. The maximum absolute atomic E-state index is 12.5. The molecule has 6 nitrogen and oxygen atoms in total. The standard InChI is InChI=1S/C21H17Cl2N3O3/c1-13(27)26-7-6-14-4-2-3-5-17(14)19(26)9-20(28)29-12-16-11-25-10-15(22)8-18(23)21(25)24-16/h2-8,10-11,19H,9,12H2,1H3. The van der Waals surface area contributed by atoms with E-state index in [2.05, 4.69) is 4.98 Å². The summed E-state index contributed by atoms with van der Waals surface area (Å²) < 4.78 is 7.11. The first-order valence-electron chi connectivity index (χ1n) is 8.96. The molecule has 0 fully saturated rings. The third-order valence-electron chi connectivity index (χ3n) is 4.73. The molecule has 1 unspecified atom stereocenters. The second kappa shape index (κ2) is 7.89. The third-order valence-corrected chi connectivity index (χ3v) is 5.22. The van der Waals surface area contributed by atoms with Gasteiger partial charge in [0.25, 0.3) is 0 Å². The van der Waals surface area contributed by atoms with Crippen LogP contribution in [-0.2, 0) is 20.9 Å². The van der Waals surface area contributed by atoms with Crippen molar-refractivity contribution in [1.82, 2.24) is 14.3 Å². The first-order chi connectivity index (χ1) is 13.9. The second-order valence-corrected chi connectivity index (χ2v) is 7.56. The van der Waals surface area contributed by atoms with E-state index >= 15 is 0 Å². The quantitative estimate of drug-likeness (QED) is 0.566. The lowest BCUT2D eigenvalue weighted by Gasteiger charge is -2.32. The Kier molecular flexibility index (Phi) is 5.30. The van der Waals surface area contributed by atoms with Gasteiger partial charge in [0.2, 0.25) is 5.91 Å². The topological polar surface area (TPSA) is 63.9 Å². The first kappa shape index (κ1) is 19.5. The fourth-order valence-corrected chi connectivity index (χ4v) is 3.96. The molecule has 3 aromatic rings. The molecule has 8 heteroatoms. The molecule has 0 saturated carbocycles. The summed E-state index contributed by atoms with van der Waals surface area (Å²) in [5.41, 5.74) is 2.98. The Hall–Kier alpha value is -2.83. The summed E-state index contributed by atoms with van der Waals surface area (Å²) in [5.74, 6) is -0.562. The Bertz CT molecular complexity index is 1140. The van der Waals surface area contributed by atoms with Gasteiger partial charge in [0.05, 0.1) is 28.2 Å². The molecule has 0 radical (unpaired) electrons. The van der Waals surface area contributed by atoms with Crippen LogP contribution in [0.5, 0.6) is 0 Å². The van der Waals surface area contributed by atoms with Crippen molar-refractivity contribution in [3.05, 3.63) is 75.8 Å². The van der Waals surface area contributed by atoms with Crippen LogP contribution in [0.2, 0.25) is 10.0 Å². The summed E-state index contributed by atoms with van der Waals surface area (Å²) in [6.45, 7) is 1.47. The highest BCUT2D eigenvalue weighted by Crippen LogP contribution is 2.33. The molecule has 1 aliphatic rings. The van der Waals surface area contributed by atoms with Crippen LogP contribution in [0.4, 0.5) is 0 Å². The molecule has 1 aliphatic heterocycles. The number of ether oxygens (including phenoxy) is 1. The molecule has 0 N–H and O–H groups in total. The van der Waals surface area contributed by atoms with Crippen LogP contribution < -0.4 is 0 Å². The molecule has 0 bridgehead atoms. The average molecular weight is 430 g/mol. The normalized spacial score (nSPS) is 15.4. The minimum Gasteiger partial charge on any atom is -0.459 e. The smallest absolute Gasteiger partial charge is 0.308 e. The molecule has 29 heavy (non-hydrogen) atoms. The van der Waals surface area contributed by atoms with Gasteiger partial charge >= 0.3 is 5.97 Å². The number of benzene rings is 1. The highest BCUT2D eigenvalue weighted by Gasteiger charge is 2.28. The molecule has 3 heterocycles. The fourth-order valence-electron chi connectivity index (χ4n) is 3.43. The zero-order valence-electron chi connectivity index (χ0n) is 15.5. The van der Waals surface area contributed by atoms with Gasteiger partial charge in [0.15, 0.2) is 5.65 Å². The summed E-state index contributed by atoms with van der Waals surface area (Å²) in [6, 6.07) is 8.87. The van der Waals surface area contributed by atoms with E-state index in [-0.39, 0.29) is 18.9 Å². The molecule has 4 rings (SSSR count). The van der Waals surface area contributed by atoms with Gasteiger partial charge in [-0.2, -0.15) is 0 Å². The number of fused-ring (bicyclic) bond motifs is 2. The number of esters is 1. The number of amides is 1. The van der Waals surface area contributed by atoms with Crippen LogP contribution in [0.1, 0.15) is 36.2 Å². The predicted octanol–water partition coefficient (Wildman–Crippen LogP) is 4.65. The van der Waals surface area contributed by atoms with Crippen molar-refractivity contribution in [1.29, 1.82) is 0 Å². The summed E-state index contributed by atoms with van der Waals surface area (Å²) in [4.78, 5) is 30.5. The molecule has 0 spiro atoms. The van der Waals surface area contributed by atoms with Gasteiger partial charge in [0, 0.05) is 25.5 Å². The summed E-state index contributed by atoms with van der Waals surface area (Å²) in [5, 5.41) is 0.898. The zero-order valence-corrected chi connectivity index (χ0v) is 17.0. The van der Waals surface area contributed by atoms with Gasteiger partial charge in [0.1, 0.15) is 6.61 Å². The van der Waals surface area contributed by atoms with E-state index in [9.17, 15) is 9.59 Å². The SMILES string of the molecule is CC(=O)N1C=Cc2ccccc2C1CC(=O)OCc1cn2cc(Cl)cc(Cl)c2n1. The highest BCUT2D eigenvalue weighted by molar-refractivity contribution is 6.36. The first-order valence-corrected chi connectivity index (χ1v) is 9.72. The van der Waals surface area contributed by atoms with Crippen LogP contribution in [0, 0.1) is 0 Å². The lowest BCUT2D eigenvalue weighted by Crippen LogP contribution is -2.32. The van der Waals surface area contributed by atoms with Gasteiger partial charge in [-0.15, -0.1) is 0 Å². The number of pyridine rings is 1. The fraction of sp³-hybridized carbons (Fsp3) is 0.190. The van der Waals surface area contributed by atoms with Crippen molar-refractivity contribution in [3.63, 3.8) is 0 Å². The predicted molar refractivity (Wildman–Crippen MR) is 110 cm³/mol. The van der Waals surface area contributed by atoms with Crippen molar-refractivity contribution in [2.45, 2.75) is 26.0 Å². The maximum atomic E-state index is 12.5. The van der Waals surface area contributed by atoms with E-state index in [0.29, 0.717) is 21.4 Å². The lowest BCUT2D eigenvalue weighted by atomic mass is 9.94. The van der Waals surface area contributed by atoms with Crippen LogP contribution in [0.3, 0.4) is 0 Å². The average Bonchev–Trinajstić information content (AvgIpc) is 3.09. The van der Waals surface area contributed by atoms with Crippen molar-refractivity contribution in [2.75, 3.05) is 0 Å². The molecular weight excluding hydrogens is 413 g/mol. The van der Waals surface area contributed by atoms with Crippen LogP contribution in [0.15, 0.2) is 48.9 Å². The molecule has 1 atom stereocenters. The summed E-state index contributed by atoms with van der Waals surface area (Å²) in [6.07, 6.45) is 7.00. The number of imidazole rings is 1. The monoisotopic (exact) mass is 429 g/mol. The molecule has 1 amide bonds. The van der Waals surface area contributed by atoms with Gasteiger partial charge in [-0.25, -0.2) is 4.98 Å². The zero-order chi connectivity index (χ0) is 20.5. The number of nitrogens with zero attached hydrogens (tertiary/aromatic N) is 3. The summed E-state index contributed by atoms with van der Waals surface area (Å²) >= 11 is 12.1.